The lowest BCUT2D eigenvalue weighted by Gasteiger charge is -2.18. The average Bonchev–Trinajstić information content (AvgIpc) is 3.55. The molecular weight excluding hydrogens is 472 g/mol. The maximum absolute atomic E-state index is 9.20. The molecule has 1 nitrogen and oxygen atoms in total. The van der Waals surface area contributed by atoms with Gasteiger partial charge in [0.1, 0.15) is 11.2 Å². The van der Waals surface area contributed by atoms with E-state index < -0.39 is 97.1 Å². The first kappa shape index (κ1) is 11.9. The van der Waals surface area contributed by atoms with Gasteiger partial charge in [0.2, 0.25) is 0 Å². The fourth-order valence-electron chi connectivity index (χ4n) is 5.40. The molecule has 0 atom stereocenters. The summed E-state index contributed by atoms with van der Waals surface area (Å²) < 4.78 is 138. The topological polar surface area (TPSA) is 13.1 Å². The summed E-state index contributed by atoms with van der Waals surface area (Å²) >= 11 is 0. The summed E-state index contributed by atoms with van der Waals surface area (Å²) in [6, 6.07) is 4.26. The lowest BCUT2D eigenvalue weighted by molar-refractivity contribution is 0.668. The van der Waals surface area contributed by atoms with E-state index in [2.05, 4.69) is 0 Å². The van der Waals surface area contributed by atoms with E-state index in [1.54, 1.807) is 12.1 Å². The van der Waals surface area contributed by atoms with Crippen molar-refractivity contribution < 1.29 is 25.0 Å². The van der Waals surface area contributed by atoms with Crippen LogP contribution in [-0.2, 0) is 12.8 Å². The number of hydrogen-bond donors (Lipinski definition) is 0. The molecule has 8 rings (SSSR count). The maximum Gasteiger partial charge on any atom is 0.135 e. The first-order valence-corrected chi connectivity index (χ1v) is 12.4. The Labute approximate surface area is 248 Å². The van der Waals surface area contributed by atoms with E-state index in [-0.39, 0.29) is 55.4 Å². The highest BCUT2D eigenvalue weighted by molar-refractivity contribution is 6.09. The van der Waals surface area contributed by atoms with Crippen molar-refractivity contribution >= 4 is 54.3 Å². The standard InChI is InChI=1S/C38H26O/c1-2-11-27-22-25(20-21-26(27)10-1)23-34-29-13-3-5-15-31(29)35(32-16-6-4-14-30(32)34)24-28-12-9-19-37-38(28)33-17-7-8-18-36(33)39-37/h1-22H,23-24H2/i1D,2D,3D,4D,5D,6D,10D,11D,13D,14D,15D,16D,20D,21D,22D. The molecule has 7 aromatic carbocycles. The number of benzene rings is 7. The molecule has 0 aliphatic rings. The number of rotatable bonds is 4. The molecule has 8 aromatic rings. The second-order valence-electron chi connectivity index (χ2n) is 9.30. The fraction of sp³-hybridized carbons (Fsp3) is 0.0526. The lowest BCUT2D eigenvalue weighted by atomic mass is 9.86. The zero-order chi connectivity index (χ0) is 38.8. The van der Waals surface area contributed by atoms with Crippen molar-refractivity contribution in [3.8, 4) is 0 Å². The second-order valence-corrected chi connectivity index (χ2v) is 9.30. The summed E-state index contributed by atoms with van der Waals surface area (Å²) in [7, 11) is 0. The van der Waals surface area contributed by atoms with E-state index in [0.29, 0.717) is 16.7 Å². The molecule has 0 unspecified atom stereocenters. The van der Waals surface area contributed by atoms with E-state index in [0.717, 1.165) is 10.8 Å². The van der Waals surface area contributed by atoms with Crippen LogP contribution in [-0.4, -0.2) is 0 Å². The molecule has 0 fully saturated rings. The van der Waals surface area contributed by atoms with Crippen LogP contribution in [0.4, 0.5) is 0 Å². The van der Waals surface area contributed by atoms with Crippen LogP contribution in [0.3, 0.4) is 0 Å². The van der Waals surface area contributed by atoms with Gasteiger partial charge >= 0.3 is 0 Å². The van der Waals surface area contributed by atoms with Gasteiger partial charge in [-0.05, 0) is 79.5 Å². The van der Waals surface area contributed by atoms with Gasteiger partial charge in [0, 0.05) is 10.8 Å². The van der Waals surface area contributed by atoms with Gasteiger partial charge in [-0.2, -0.15) is 0 Å². The maximum atomic E-state index is 9.20. The molecule has 0 amide bonds. The molecule has 1 aromatic heterocycles. The third-order valence-corrected chi connectivity index (χ3v) is 7.09. The van der Waals surface area contributed by atoms with Crippen molar-refractivity contribution in [3.05, 3.63) is 155 Å². The monoisotopic (exact) mass is 513 g/mol. The first-order chi connectivity index (χ1) is 25.6. The molecule has 0 bridgehead atoms. The van der Waals surface area contributed by atoms with Crippen LogP contribution in [0.25, 0.3) is 54.3 Å². The average molecular weight is 514 g/mol. The Balaban J connectivity index is 1.55. The zero-order valence-corrected chi connectivity index (χ0v) is 20.4. The van der Waals surface area contributed by atoms with Gasteiger partial charge in [-0.1, -0.05) is 121 Å². The summed E-state index contributed by atoms with van der Waals surface area (Å²) in [6.07, 6.45) is -0.587. The van der Waals surface area contributed by atoms with E-state index in [4.69, 9.17) is 19.5 Å². The quantitative estimate of drug-likeness (QED) is 0.213. The Bertz CT molecular complexity index is 2920. The van der Waals surface area contributed by atoms with Gasteiger partial charge in [0.25, 0.3) is 0 Å². The molecule has 184 valence electrons. The molecule has 0 N–H and O–H groups in total. The molecule has 1 heteroatoms. The summed E-state index contributed by atoms with van der Waals surface area (Å²) in [5.41, 5.74) is 1.76. The molecule has 1 heterocycles. The SMILES string of the molecule is [2H]c1c([2H])c([2H])c2c([2H])c(Cc3c4c([2H])c([2H])c([2H])c([2H])c4c(Cc4cccc5oc6ccccc6c45)c4c([2H])c([2H])c([2H])c([2H])c34)c([2H])c([2H])c2c1[2H]. The normalized spacial score (nSPS) is 17.2. The second kappa shape index (κ2) is 8.85. The highest BCUT2D eigenvalue weighted by atomic mass is 16.3. The molecule has 0 radical (unpaired) electrons. The number of fused-ring (bicyclic) bond motifs is 6. The van der Waals surface area contributed by atoms with Crippen LogP contribution in [0.2, 0.25) is 0 Å². The van der Waals surface area contributed by atoms with Crippen molar-refractivity contribution in [1.29, 1.82) is 0 Å². The highest BCUT2D eigenvalue weighted by Crippen LogP contribution is 2.38. The molecule has 0 spiro atoms. The van der Waals surface area contributed by atoms with Crippen LogP contribution >= 0.6 is 0 Å². The van der Waals surface area contributed by atoms with Crippen LogP contribution < -0.4 is 0 Å². The van der Waals surface area contributed by atoms with E-state index in [1.807, 2.05) is 30.3 Å². The Hall–Kier alpha value is -4.88. The van der Waals surface area contributed by atoms with E-state index in [1.165, 1.54) is 0 Å². The third kappa shape index (κ3) is 3.62. The smallest absolute Gasteiger partial charge is 0.135 e. The summed E-state index contributed by atoms with van der Waals surface area (Å²) in [5.74, 6) is 0. The van der Waals surface area contributed by atoms with Crippen molar-refractivity contribution in [2.24, 2.45) is 0 Å². The molecule has 0 saturated heterocycles. The van der Waals surface area contributed by atoms with Gasteiger partial charge in [-0.15, -0.1) is 0 Å². The van der Waals surface area contributed by atoms with Crippen molar-refractivity contribution in [2.75, 3.05) is 0 Å². The number of hydrogen-bond acceptors (Lipinski definition) is 1. The summed E-state index contributed by atoms with van der Waals surface area (Å²) in [5, 5.41) is 0.623. The fourth-order valence-corrected chi connectivity index (χ4v) is 5.40. The Morgan fingerprint density at radius 3 is 1.87 bits per heavy atom. The molecule has 39 heavy (non-hydrogen) atoms. The van der Waals surface area contributed by atoms with E-state index in [9.17, 15) is 5.48 Å². The van der Waals surface area contributed by atoms with Crippen LogP contribution in [0.15, 0.2) is 138 Å². The molecule has 0 aliphatic heterocycles. The van der Waals surface area contributed by atoms with Crippen LogP contribution in [0, 0.1) is 0 Å². The lowest BCUT2D eigenvalue weighted by Crippen LogP contribution is -1.99. The van der Waals surface area contributed by atoms with Crippen molar-refractivity contribution in [2.45, 2.75) is 12.8 Å². The van der Waals surface area contributed by atoms with Gasteiger partial charge in [0.15, 0.2) is 0 Å². The van der Waals surface area contributed by atoms with Crippen molar-refractivity contribution in [1.82, 2.24) is 0 Å². The minimum Gasteiger partial charge on any atom is -0.456 e. The van der Waals surface area contributed by atoms with Crippen molar-refractivity contribution in [3.63, 3.8) is 0 Å². The van der Waals surface area contributed by atoms with Gasteiger partial charge < -0.3 is 4.42 Å². The van der Waals surface area contributed by atoms with Crippen LogP contribution in [0.5, 0.6) is 0 Å². The minimum atomic E-state index is -0.645. The van der Waals surface area contributed by atoms with Gasteiger partial charge in [-0.3, -0.25) is 0 Å². The molecular formula is C38H26O. The van der Waals surface area contributed by atoms with Gasteiger partial charge in [-0.25, -0.2) is 0 Å². The Kier molecular flexibility index (Phi) is 2.70. The predicted molar refractivity (Wildman–Crippen MR) is 165 cm³/mol. The summed E-state index contributed by atoms with van der Waals surface area (Å²) in [6.45, 7) is 0. The minimum absolute atomic E-state index is 0.0230. The first-order valence-electron chi connectivity index (χ1n) is 19.9. The number of furan rings is 1. The number of para-hydroxylation sites is 1. The zero-order valence-electron chi connectivity index (χ0n) is 35.4. The Morgan fingerprint density at radius 2 is 1.13 bits per heavy atom. The molecule has 0 aliphatic carbocycles. The molecule has 0 saturated carbocycles. The van der Waals surface area contributed by atoms with Crippen LogP contribution in [0.1, 0.15) is 42.8 Å². The van der Waals surface area contributed by atoms with Gasteiger partial charge in [0.05, 0.1) is 20.6 Å². The van der Waals surface area contributed by atoms with E-state index >= 15 is 0 Å². The predicted octanol–water partition coefficient (Wildman–Crippen LogP) is 10.2. The summed E-state index contributed by atoms with van der Waals surface area (Å²) in [4.78, 5) is 0. The largest absolute Gasteiger partial charge is 0.456 e. The highest BCUT2D eigenvalue weighted by Gasteiger charge is 2.17. The Morgan fingerprint density at radius 1 is 0.513 bits per heavy atom. The third-order valence-electron chi connectivity index (χ3n) is 7.09.